The normalized spacial score (nSPS) is 11.2. The number of hydrogen-bond donors (Lipinski definition) is 1. The number of aromatic amines is 1. The van der Waals surface area contributed by atoms with Gasteiger partial charge in [-0.05, 0) is 25.0 Å². The van der Waals surface area contributed by atoms with E-state index < -0.39 is 0 Å². The van der Waals surface area contributed by atoms with Gasteiger partial charge in [-0.1, -0.05) is 6.07 Å². The van der Waals surface area contributed by atoms with Crippen LogP contribution in [0.5, 0.6) is 0 Å². The molecule has 0 atom stereocenters. The number of nitrogens with one attached hydrogen (secondary N) is 1. The van der Waals surface area contributed by atoms with Crippen LogP contribution in [0.2, 0.25) is 0 Å². The van der Waals surface area contributed by atoms with Gasteiger partial charge in [-0.2, -0.15) is 0 Å². The molecular formula is C17H22N6. The molecule has 3 aromatic rings. The van der Waals surface area contributed by atoms with Crippen molar-refractivity contribution < 1.29 is 0 Å². The van der Waals surface area contributed by atoms with E-state index in [0.717, 1.165) is 44.0 Å². The van der Waals surface area contributed by atoms with E-state index in [4.69, 9.17) is 0 Å². The predicted molar refractivity (Wildman–Crippen MR) is 88.5 cm³/mol. The van der Waals surface area contributed by atoms with Crippen molar-refractivity contribution in [2.75, 3.05) is 6.54 Å². The molecule has 0 aliphatic carbocycles. The smallest absolute Gasteiger partial charge is 0.0945 e. The molecule has 0 aromatic carbocycles. The van der Waals surface area contributed by atoms with Crippen LogP contribution in [-0.2, 0) is 19.6 Å². The minimum absolute atomic E-state index is 0.841. The number of aromatic nitrogens is 5. The Balaban J connectivity index is 1.61. The van der Waals surface area contributed by atoms with E-state index >= 15 is 0 Å². The second-order valence-electron chi connectivity index (χ2n) is 5.70. The summed E-state index contributed by atoms with van der Waals surface area (Å²) < 4.78 is 2.11. The summed E-state index contributed by atoms with van der Waals surface area (Å²) in [6.45, 7) is 5.76. The summed E-state index contributed by atoms with van der Waals surface area (Å²) in [6.07, 6.45) is 12.3. The molecule has 0 aliphatic heterocycles. The molecular weight excluding hydrogens is 288 g/mol. The van der Waals surface area contributed by atoms with Gasteiger partial charge in [0.2, 0.25) is 0 Å². The van der Waals surface area contributed by atoms with Crippen molar-refractivity contribution in [1.82, 2.24) is 29.4 Å². The van der Waals surface area contributed by atoms with Crippen LogP contribution in [0.15, 0.2) is 49.6 Å². The number of aryl methyl sites for hydroxylation is 2. The molecule has 0 spiro atoms. The van der Waals surface area contributed by atoms with Crippen molar-refractivity contribution in [3.05, 3.63) is 66.5 Å². The molecule has 0 saturated heterocycles. The van der Waals surface area contributed by atoms with E-state index in [1.807, 2.05) is 37.2 Å². The van der Waals surface area contributed by atoms with Crippen molar-refractivity contribution in [3.63, 3.8) is 0 Å². The fourth-order valence-corrected chi connectivity index (χ4v) is 2.62. The minimum Gasteiger partial charge on any atom is -0.348 e. The maximum absolute atomic E-state index is 4.43. The van der Waals surface area contributed by atoms with Gasteiger partial charge >= 0.3 is 0 Å². The highest BCUT2D eigenvalue weighted by molar-refractivity contribution is 5.11. The van der Waals surface area contributed by atoms with Gasteiger partial charge in [0.05, 0.1) is 18.3 Å². The molecule has 3 heterocycles. The van der Waals surface area contributed by atoms with Crippen molar-refractivity contribution in [1.29, 1.82) is 0 Å². The van der Waals surface area contributed by atoms with Crippen molar-refractivity contribution in [3.8, 4) is 0 Å². The zero-order valence-electron chi connectivity index (χ0n) is 13.4. The van der Waals surface area contributed by atoms with Crippen LogP contribution < -0.4 is 0 Å². The van der Waals surface area contributed by atoms with Gasteiger partial charge in [-0.15, -0.1) is 0 Å². The molecule has 0 aliphatic rings. The first-order chi connectivity index (χ1) is 11.3. The molecule has 3 rings (SSSR count). The van der Waals surface area contributed by atoms with Gasteiger partial charge in [0.15, 0.2) is 0 Å². The number of H-pyrrole nitrogens is 1. The molecule has 0 bridgehead atoms. The van der Waals surface area contributed by atoms with Crippen LogP contribution in [0.1, 0.15) is 23.4 Å². The Kier molecular flexibility index (Phi) is 5.16. The van der Waals surface area contributed by atoms with Gasteiger partial charge in [-0.25, -0.2) is 9.97 Å². The first kappa shape index (κ1) is 15.4. The molecule has 0 fully saturated rings. The van der Waals surface area contributed by atoms with Crippen LogP contribution in [0.4, 0.5) is 0 Å². The van der Waals surface area contributed by atoms with E-state index in [0.29, 0.717) is 0 Å². The van der Waals surface area contributed by atoms with Crippen molar-refractivity contribution >= 4 is 0 Å². The Morgan fingerprint density at radius 2 is 2.17 bits per heavy atom. The van der Waals surface area contributed by atoms with Gasteiger partial charge in [0, 0.05) is 56.7 Å². The Bertz CT molecular complexity index is 689. The Morgan fingerprint density at radius 3 is 2.87 bits per heavy atom. The first-order valence-corrected chi connectivity index (χ1v) is 7.87. The SMILES string of the molecule is Cc1[nH]cnc1CN(CCCn1ccnc1)Cc1cccnc1. The maximum atomic E-state index is 4.43. The molecule has 6 heteroatoms. The molecule has 3 aromatic heterocycles. The Labute approximate surface area is 136 Å². The molecule has 0 amide bonds. The molecule has 1 N–H and O–H groups in total. The molecule has 120 valence electrons. The van der Waals surface area contributed by atoms with Crippen molar-refractivity contribution in [2.24, 2.45) is 0 Å². The van der Waals surface area contributed by atoms with E-state index in [2.05, 4.69) is 42.4 Å². The highest BCUT2D eigenvalue weighted by Crippen LogP contribution is 2.11. The van der Waals surface area contributed by atoms with E-state index in [-0.39, 0.29) is 0 Å². The number of hydrogen-bond acceptors (Lipinski definition) is 4. The van der Waals surface area contributed by atoms with Crippen LogP contribution in [0.25, 0.3) is 0 Å². The lowest BCUT2D eigenvalue weighted by Crippen LogP contribution is -2.25. The molecule has 0 saturated carbocycles. The third-order valence-electron chi connectivity index (χ3n) is 3.89. The summed E-state index contributed by atoms with van der Waals surface area (Å²) in [4.78, 5) is 18.3. The summed E-state index contributed by atoms with van der Waals surface area (Å²) in [5, 5.41) is 0. The molecule has 0 unspecified atom stereocenters. The number of nitrogens with zero attached hydrogens (tertiary/aromatic N) is 5. The molecule has 6 nitrogen and oxygen atoms in total. The lowest BCUT2D eigenvalue weighted by atomic mass is 10.2. The summed E-state index contributed by atoms with van der Waals surface area (Å²) >= 11 is 0. The third-order valence-corrected chi connectivity index (χ3v) is 3.89. The van der Waals surface area contributed by atoms with Crippen LogP contribution in [0, 0.1) is 6.92 Å². The Morgan fingerprint density at radius 1 is 1.22 bits per heavy atom. The van der Waals surface area contributed by atoms with Gasteiger partial charge in [0.25, 0.3) is 0 Å². The zero-order valence-corrected chi connectivity index (χ0v) is 13.4. The maximum Gasteiger partial charge on any atom is 0.0945 e. The predicted octanol–water partition coefficient (Wildman–Crippen LogP) is 2.40. The van der Waals surface area contributed by atoms with Crippen molar-refractivity contribution in [2.45, 2.75) is 33.0 Å². The zero-order chi connectivity index (χ0) is 15.9. The second-order valence-corrected chi connectivity index (χ2v) is 5.70. The molecule has 23 heavy (non-hydrogen) atoms. The summed E-state index contributed by atoms with van der Waals surface area (Å²) in [6, 6.07) is 4.10. The first-order valence-electron chi connectivity index (χ1n) is 7.87. The largest absolute Gasteiger partial charge is 0.348 e. The van der Waals surface area contributed by atoms with Gasteiger partial charge in [0.1, 0.15) is 0 Å². The lowest BCUT2D eigenvalue weighted by molar-refractivity contribution is 0.245. The summed E-state index contributed by atoms with van der Waals surface area (Å²) in [5.74, 6) is 0. The van der Waals surface area contributed by atoms with E-state index in [1.165, 1.54) is 5.56 Å². The monoisotopic (exact) mass is 310 g/mol. The average Bonchev–Trinajstić information content (AvgIpc) is 3.21. The van der Waals surface area contributed by atoms with E-state index in [1.54, 1.807) is 6.33 Å². The topological polar surface area (TPSA) is 62.6 Å². The standard InChI is InChI=1S/C17H22N6/c1-15-17(21-13-20-15)12-23(11-16-4-2-5-18-10-16)8-3-7-22-9-6-19-14-22/h2,4-6,9-10,13-14H,3,7-8,11-12H2,1H3,(H,20,21). The van der Waals surface area contributed by atoms with Crippen LogP contribution in [0.3, 0.4) is 0 Å². The summed E-state index contributed by atoms with van der Waals surface area (Å²) in [5.41, 5.74) is 3.47. The average molecular weight is 310 g/mol. The quantitative estimate of drug-likeness (QED) is 0.694. The lowest BCUT2D eigenvalue weighted by Gasteiger charge is -2.22. The van der Waals surface area contributed by atoms with Gasteiger partial charge in [-0.3, -0.25) is 9.88 Å². The highest BCUT2D eigenvalue weighted by Gasteiger charge is 2.10. The number of pyridine rings is 1. The fraction of sp³-hybridized carbons (Fsp3) is 0.353. The van der Waals surface area contributed by atoms with Crippen LogP contribution in [-0.4, -0.2) is 35.9 Å². The van der Waals surface area contributed by atoms with E-state index in [9.17, 15) is 0 Å². The Hall–Kier alpha value is -2.47. The summed E-state index contributed by atoms with van der Waals surface area (Å²) in [7, 11) is 0. The highest BCUT2D eigenvalue weighted by atomic mass is 15.1. The van der Waals surface area contributed by atoms with Crippen LogP contribution >= 0.6 is 0 Å². The third kappa shape index (κ3) is 4.50. The second kappa shape index (κ2) is 7.69. The number of rotatable bonds is 8. The fourth-order valence-electron chi connectivity index (χ4n) is 2.62. The number of imidazole rings is 2. The molecule has 0 radical (unpaired) electrons. The van der Waals surface area contributed by atoms with Gasteiger partial charge < -0.3 is 9.55 Å². The minimum atomic E-state index is 0.841.